The van der Waals surface area contributed by atoms with Crippen LogP contribution in [-0.2, 0) is 0 Å². The Labute approximate surface area is 67.3 Å². The summed E-state index contributed by atoms with van der Waals surface area (Å²) in [6.07, 6.45) is 4.72. The van der Waals surface area contributed by atoms with Crippen molar-refractivity contribution in [3.63, 3.8) is 0 Å². The molecule has 0 amide bonds. The first-order valence-electron chi connectivity index (χ1n) is 3.29. The molecule has 5 nitrogen and oxygen atoms in total. The van der Waals surface area contributed by atoms with Gasteiger partial charge in [-0.15, -0.1) is 0 Å². The van der Waals surface area contributed by atoms with Crippen molar-refractivity contribution < 1.29 is 9.90 Å². The average molecular weight is 163 g/mol. The molecule has 2 rings (SSSR count). The third-order valence-corrected chi connectivity index (χ3v) is 1.50. The number of carbonyl (C=O) groups excluding carboxylic acids is 1. The van der Waals surface area contributed by atoms with Crippen LogP contribution in [0.4, 0.5) is 0 Å². The SMILES string of the molecule is O=Cc1cnn2cc(O)cnc12. The van der Waals surface area contributed by atoms with Gasteiger partial charge in [-0.25, -0.2) is 9.50 Å². The van der Waals surface area contributed by atoms with E-state index in [1.165, 1.54) is 23.1 Å². The van der Waals surface area contributed by atoms with E-state index in [1.807, 2.05) is 0 Å². The molecule has 0 atom stereocenters. The molecular formula is C7H5N3O2. The summed E-state index contributed by atoms with van der Waals surface area (Å²) in [5.74, 6) is 0.0167. The van der Waals surface area contributed by atoms with Gasteiger partial charge in [-0.2, -0.15) is 5.10 Å². The Hall–Kier alpha value is -1.91. The summed E-state index contributed by atoms with van der Waals surface area (Å²) in [7, 11) is 0. The van der Waals surface area contributed by atoms with Gasteiger partial charge in [0.15, 0.2) is 17.7 Å². The Bertz CT molecular complexity index is 435. The Morgan fingerprint density at radius 3 is 3.08 bits per heavy atom. The van der Waals surface area contributed by atoms with Gasteiger partial charge < -0.3 is 5.11 Å². The number of aldehydes is 1. The molecule has 12 heavy (non-hydrogen) atoms. The average Bonchev–Trinajstić information content (AvgIpc) is 2.46. The van der Waals surface area contributed by atoms with Gasteiger partial charge in [-0.3, -0.25) is 4.79 Å². The van der Waals surface area contributed by atoms with Crippen LogP contribution in [-0.4, -0.2) is 26.0 Å². The highest BCUT2D eigenvalue weighted by atomic mass is 16.3. The number of rotatable bonds is 1. The lowest BCUT2D eigenvalue weighted by molar-refractivity contribution is 0.112. The van der Waals surface area contributed by atoms with Crippen molar-refractivity contribution in [3.8, 4) is 5.75 Å². The molecular weight excluding hydrogens is 158 g/mol. The van der Waals surface area contributed by atoms with Gasteiger partial charge in [0.2, 0.25) is 0 Å². The third kappa shape index (κ3) is 0.833. The zero-order valence-electron chi connectivity index (χ0n) is 6.01. The summed E-state index contributed by atoms with van der Waals surface area (Å²) in [4.78, 5) is 14.2. The van der Waals surface area contributed by atoms with Crippen LogP contribution in [0.3, 0.4) is 0 Å². The van der Waals surface area contributed by atoms with Gasteiger partial charge in [0.05, 0.1) is 24.2 Å². The topological polar surface area (TPSA) is 67.5 Å². The minimum Gasteiger partial charge on any atom is -0.505 e. The van der Waals surface area contributed by atoms with Crippen LogP contribution >= 0.6 is 0 Å². The largest absolute Gasteiger partial charge is 0.505 e. The van der Waals surface area contributed by atoms with Crippen molar-refractivity contribution in [2.75, 3.05) is 0 Å². The van der Waals surface area contributed by atoms with Crippen LogP contribution in [0.2, 0.25) is 0 Å². The maximum Gasteiger partial charge on any atom is 0.165 e. The Balaban J connectivity index is 2.81. The van der Waals surface area contributed by atoms with Crippen LogP contribution in [0.15, 0.2) is 18.6 Å². The van der Waals surface area contributed by atoms with Crippen LogP contribution in [0, 0.1) is 0 Å². The van der Waals surface area contributed by atoms with E-state index in [0.717, 1.165) is 0 Å². The number of hydrogen-bond acceptors (Lipinski definition) is 4. The fraction of sp³-hybridized carbons (Fsp3) is 0. The molecule has 0 aromatic carbocycles. The van der Waals surface area contributed by atoms with E-state index in [0.29, 0.717) is 17.5 Å². The number of nitrogens with zero attached hydrogens (tertiary/aromatic N) is 3. The molecule has 0 fully saturated rings. The van der Waals surface area contributed by atoms with Gasteiger partial charge in [-0.05, 0) is 0 Å². The smallest absolute Gasteiger partial charge is 0.165 e. The summed E-state index contributed by atoms with van der Waals surface area (Å²) >= 11 is 0. The molecule has 5 heteroatoms. The lowest BCUT2D eigenvalue weighted by Crippen LogP contribution is -1.89. The highest BCUT2D eigenvalue weighted by molar-refractivity contribution is 5.83. The maximum atomic E-state index is 10.4. The zero-order valence-corrected chi connectivity index (χ0v) is 6.01. The highest BCUT2D eigenvalue weighted by Gasteiger charge is 2.03. The van der Waals surface area contributed by atoms with Crippen molar-refractivity contribution in [2.45, 2.75) is 0 Å². The van der Waals surface area contributed by atoms with Gasteiger partial charge in [0.1, 0.15) is 0 Å². The molecule has 60 valence electrons. The summed E-state index contributed by atoms with van der Waals surface area (Å²) < 4.78 is 1.35. The zero-order chi connectivity index (χ0) is 8.55. The number of fused-ring (bicyclic) bond motifs is 1. The van der Waals surface area contributed by atoms with Gasteiger partial charge in [0.25, 0.3) is 0 Å². The van der Waals surface area contributed by atoms with Crippen LogP contribution in [0.1, 0.15) is 10.4 Å². The molecule has 0 saturated heterocycles. The quantitative estimate of drug-likeness (QED) is 0.612. The molecule has 2 aromatic rings. The number of hydrogen-bond donors (Lipinski definition) is 1. The van der Waals surface area contributed by atoms with E-state index in [9.17, 15) is 4.79 Å². The first kappa shape index (κ1) is 6.78. The highest BCUT2D eigenvalue weighted by Crippen LogP contribution is 2.09. The van der Waals surface area contributed by atoms with Gasteiger partial charge in [0, 0.05) is 0 Å². The summed E-state index contributed by atoms with van der Waals surface area (Å²) in [6.45, 7) is 0. The third-order valence-electron chi connectivity index (χ3n) is 1.50. The summed E-state index contributed by atoms with van der Waals surface area (Å²) in [5.41, 5.74) is 0.859. The molecule has 0 radical (unpaired) electrons. The van der Waals surface area contributed by atoms with E-state index < -0.39 is 0 Å². The second kappa shape index (κ2) is 2.30. The normalized spacial score (nSPS) is 10.3. The fourth-order valence-electron chi connectivity index (χ4n) is 0.966. The fourth-order valence-corrected chi connectivity index (χ4v) is 0.966. The first-order chi connectivity index (χ1) is 5.81. The molecule has 0 aliphatic rings. The van der Waals surface area contributed by atoms with Gasteiger partial charge >= 0.3 is 0 Å². The minimum absolute atomic E-state index is 0.0167. The van der Waals surface area contributed by atoms with Crippen molar-refractivity contribution in [2.24, 2.45) is 0 Å². The van der Waals surface area contributed by atoms with Crippen LogP contribution < -0.4 is 0 Å². The molecule has 0 spiro atoms. The second-order valence-electron chi connectivity index (χ2n) is 2.30. The number of aromatic nitrogens is 3. The minimum atomic E-state index is 0.0167. The van der Waals surface area contributed by atoms with Crippen molar-refractivity contribution >= 4 is 11.9 Å². The lowest BCUT2D eigenvalue weighted by Gasteiger charge is -1.92. The predicted octanol–water partition coefficient (Wildman–Crippen LogP) is 0.247. The van der Waals surface area contributed by atoms with Crippen molar-refractivity contribution in [3.05, 3.63) is 24.2 Å². The standard InChI is InChI=1S/C7H5N3O2/c11-4-5-1-9-10-3-6(12)2-8-7(5)10/h1-4,12H. The van der Waals surface area contributed by atoms with Crippen molar-refractivity contribution in [1.29, 1.82) is 0 Å². The predicted molar refractivity (Wildman–Crippen MR) is 40.0 cm³/mol. The van der Waals surface area contributed by atoms with Crippen molar-refractivity contribution in [1.82, 2.24) is 14.6 Å². The van der Waals surface area contributed by atoms with Crippen LogP contribution in [0.25, 0.3) is 5.65 Å². The van der Waals surface area contributed by atoms with E-state index >= 15 is 0 Å². The molecule has 2 aromatic heterocycles. The van der Waals surface area contributed by atoms with Crippen LogP contribution in [0.5, 0.6) is 5.75 Å². The first-order valence-corrected chi connectivity index (χ1v) is 3.29. The molecule has 0 aliphatic carbocycles. The Kier molecular flexibility index (Phi) is 1.30. The van der Waals surface area contributed by atoms with Gasteiger partial charge in [-0.1, -0.05) is 0 Å². The second-order valence-corrected chi connectivity index (χ2v) is 2.30. The Morgan fingerprint density at radius 1 is 1.50 bits per heavy atom. The monoisotopic (exact) mass is 163 g/mol. The molecule has 2 heterocycles. The van der Waals surface area contributed by atoms with E-state index in [1.54, 1.807) is 0 Å². The molecule has 0 bridgehead atoms. The van der Waals surface area contributed by atoms with E-state index in [2.05, 4.69) is 10.1 Å². The molecule has 0 aliphatic heterocycles. The van der Waals surface area contributed by atoms with E-state index in [4.69, 9.17) is 5.11 Å². The Morgan fingerprint density at radius 2 is 2.33 bits per heavy atom. The maximum absolute atomic E-state index is 10.4. The number of aromatic hydroxyl groups is 1. The lowest BCUT2D eigenvalue weighted by atomic mass is 10.4. The summed E-state index contributed by atoms with van der Waals surface area (Å²) in [5, 5.41) is 12.8. The molecule has 0 saturated carbocycles. The number of carbonyl (C=O) groups is 1. The van der Waals surface area contributed by atoms with E-state index in [-0.39, 0.29) is 5.75 Å². The molecule has 0 unspecified atom stereocenters. The molecule has 1 N–H and O–H groups in total. The summed E-state index contributed by atoms with van der Waals surface area (Å²) in [6, 6.07) is 0.